The van der Waals surface area contributed by atoms with Gasteiger partial charge in [0.2, 0.25) is 0 Å². The summed E-state index contributed by atoms with van der Waals surface area (Å²) in [5.74, 6) is 2.39. The van der Waals surface area contributed by atoms with Crippen LogP contribution in [0.5, 0.6) is 11.5 Å². The highest BCUT2D eigenvalue weighted by Crippen LogP contribution is 2.51. The van der Waals surface area contributed by atoms with Crippen LogP contribution < -0.4 is 9.47 Å². The first kappa shape index (κ1) is 22.6. The Morgan fingerprint density at radius 2 is 2.03 bits per heavy atom. The Morgan fingerprint density at radius 3 is 2.79 bits per heavy atom. The predicted molar refractivity (Wildman–Crippen MR) is 129 cm³/mol. The van der Waals surface area contributed by atoms with E-state index in [1.54, 1.807) is 25.6 Å². The first-order valence-corrected chi connectivity index (χ1v) is 12.4. The van der Waals surface area contributed by atoms with Crippen LogP contribution in [0.15, 0.2) is 36.7 Å². The molecule has 1 unspecified atom stereocenters. The summed E-state index contributed by atoms with van der Waals surface area (Å²) in [5.41, 5.74) is 3.24. The highest BCUT2D eigenvalue weighted by molar-refractivity contribution is 7.16. The van der Waals surface area contributed by atoms with Crippen molar-refractivity contribution in [3.8, 4) is 11.5 Å². The van der Waals surface area contributed by atoms with Crippen LogP contribution in [0, 0.1) is 6.92 Å². The van der Waals surface area contributed by atoms with Gasteiger partial charge in [-0.2, -0.15) is 0 Å². The number of benzene rings is 1. The first-order valence-electron chi connectivity index (χ1n) is 11.2. The number of halogens is 1. The fourth-order valence-corrected chi connectivity index (χ4v) is 6.52. The van der Waals surface area contributed by atoms with E-state index in [1.165, 1.54) is 10.4 Å². The Hall–Kier alpha value is -2.19. The van der Waals surface area contributed by atoms with Gasteiger partial charge in [0.15, 0.2) is 0 Å². The van der Waals surface area contributed by atoms with Crippen LogP contribution in [0.3, 0.4) is 0 Å². The molecule has 2 aliphatic rings. The average Bonchev–Trinajstić information content (AvgIpc) is 3.23. The zero-order chi connectivity index (χ0) is 23.0. The summed E-state index contributed by atoms with van der Waals surface area (Å²) in [6.07, 6.45) is 6.58. The molecule has 2 aliphatic heterocycles. The van der Waals surface area contributed by atoms with Gasteiger partial charge in [0.05, 0.1) is 25.2 Å². The normalized spacial score (nSPS) is 22.8. The molecule has 0 saturated carbocycles. The topological polar surface area (TPSA) is 56.7 Å². The van der Waals surface area contributed by atoms with E-state index in [1.807, 2.05) is 31.5 Å². The lowest BCUT2D eigenvalue weighted by molar-refractivity contribution is -0.114. The van der Waals surface area contributed by atoms with E-state index in [0.29, 0.717) is 0 Å². The van der Waals surface area contributed by atoms with Crippen molar-refractivity contribution in [1.82, 2.24) is 14.9 Å². The van der Waals surface area contributed by atoms with E-state index < -0.39 is 0 Å². The maximum atomic E-state index is 6.54. The molecule has 0 bridgehead atoms. The summed E-state index contributed by atoms with van der Waals surface area (Å²) < 4.78 is 18.4. The second kappa shape index (κ2) is 9.22. The number of thiophene rings is 1. The number of rotatable bonds is 5. The van der Waals surface area contributed by atoms with Gasteiger partial charge in [0, 0.05) is 60.0 Å². The molecule has 2 aromatic heterocycles. The second-order valence-electron chi connectivity index (χ2n) is 8.68. The van der Waals surface area contributed by atoms with E-state index in [2.05, 4.69) is 27.0 Å². The third kappa shape index (κ3) is 4.35. The molecular weight excluding hydrogens is 458 g/mol. The lowest BCUT2D eigenvalue weighted by atomic mass is 9.80. The quantitative estimate of drug-likeness (QED) is 0.487. The highest BCUT2D eigenvalue weighted by Gasteiger charge is 2.46. The number of aryl methyl sites for hydroxylation is 1. The van der Waals surface area contributed by atoms with Crippen molar-refractivity contribution in [3.63, 3.8) is 0 Å². The van der Waals surface area contributed by atoms with Crippen LogP contribution in [0.2, 0.25) is 4.34 Å². The summed E-state index contributed by atoms with van der Waals surface area (Å²) in [6.45, 7) is 4.27. The molecule has 1 spiro atoms. The maximum absolute atomic E-state index is 6.54. The fraction of sp³-hybridized carbons (Fsp3) is 0.440. The lowest BCUT2D eigenvalue weighted by Gasteiger charge is -2.48. The van der Waals surface area contributed by atoms with Crippen LogP contribution in [0.4, 0.5) is 0 Å². The number of methoxy groups -OCH3 is 2. The Bertz CT molecular complexity index is 1140. The van der Waals surface area contributed by atoms with Crippen molar-refractivity contribution in [3.05, 3.63) is 68.4 Å². The van der Waals surface area contributed by atoms with Crippen LogP contribution >= 0.6 is 22.9 Å². The minimum absolute atomic E-state index is 0.109. The fourth-order valence-electron chi connectivity index (χ4n) is 5.04. The van der Waals surface area contributed by atoms with Gasteiger partial charge < -0.3 is 14.2 Å². The molecule has 0 amide bonds. The minimum Gasteiger partial charge on any atom is -0.497 e. The van der Waals surface area contributed by atoms with Crippen LogP contribution in [0.1, 0.15) is 46.3 Å². The summed E-state index contributed by atoms with van der Waals surface area (Å²) in [4.78, 5) is 12.8. The molecule has 2 atom stereocenters. The number of piperidine rings is 1. The van der Waals surface area contributed by atoms with Crippen molar-refractivity contribution >= 4 is 22.9 Å². The third-order valence-corrected chi connectivity index (χ3v) is 8.25. The minimum atomic E-state index is -0.318. The molecule has 3 aromatic rings. The first-order chi connectivity index (χ1) is 16.0. The molecule has 0 radical (unpaired) electrons. The summed E-state index contributed by atoms with van der Waals surface area (Å²) >= 11 is 8.09. The largest absolute Gasteiger partial charge is 0.497 e. The maximum Gasteiger partial charge on any atom is 0.127 e. The lowest BCUT2D eigenvalue weighted by Crippen LogP contribution is -2.47. The Kier molecular flexibility index (Phi) is 6.31. The van der Waals surface area contributed by atoms with Gasteiger partial charge in [-0.15, -0.1) is 11.3 Å². The number of aromatic nitrogens is 2. The number of fused-ring (bicyclic) bond motifs is 2. The molecule has 33 heavy (non-hydrogen) atoms. The second-order valence-corrected chi connectivity index (χ2v) is 10.4. The van der Waals surface area contributed by atoms with E-state index in [4.69, 9.17) is 25.8 Å². The Balaban J connectivity index is 1.50. The van der Waals surface area contributed by atoms with Gasteiger partial charge in [-0.3, -0.25) is 4.90 Å². The number of nitrogens with zero attached hydrogens (tertiary/aromatic N) is 3. The smallest absolute Gasteiger partial charge is 0.127 e. The SMILES string of the molecule is COc1ccc(CN2CCC3(C[C@@H]2c2cnc(C)nc2)OCCc2cc(Cl)sc23)c(OC)c1. The van der Waals surface area contributed by atoms with Crippen molar-refractivity contribution < 1.29 is 14.2 Å². The molecule has 8 heteroatoms. The number of likely N-dealkylation sites (tertiary alicyclic amines) is 1. The van der Waals surface area contributed by atoms with Crippen molar-refractivity contribution in [2.24, 2.45) is 0 Å². The number of hydrogen-bond donors (Lipinski definition) is 0. The Morgan fingerprint density at radius 1 is 1.21 bits per heavy atom. The standard InChI is InChI=1S/C25H28ClN3O3S/c1-16-27-13-19(14-28-16)21-12-25(24-17(6-9-32-25)10-23(26)33-24)7-8-29(21)15-18-4-5-20(30-2)11-22(18)31-3/h4-5,10-11,13-14,21H,6-9,12,15H2,1-3H3/t21-,25?/m1/s1. The van der Waals surface area contributed by atoms with E-state index in [9.17, 15) is 0 Å². The molecular formula is C25H28ClN3O3S. The van der Waals surface area contributed by atoms with E-state index in [0.717, 1.165) is 71.7 Å². The molecule has 0 N–H and O–H groups in total. The Labute approximate surface area is 203 Å². The number of ether oxygens (including phenoxy) is 3. The molecule has 1 aromatic carbocycles. The summed E-state index contributed by atoms with van der Waals surface area (Å²) in [7, 11) is 3.37. The molecule has 0 aliphatic carbocycles. The van der Waals surface area contributed by atoms with Crippen molar-refractivity contribution in [2.45, 2.75) is 44.4 Å². The third-order valence-electron chi connectivity index (χ3n) is 6.76. The molecule has 4 heterocycles. The molecule has 5 rings (SSSR count). The monoisotopic (exact) mass is 485 g/mol. The van der Waals surface area contributed by atoms with Crippen LogP contribution in [-0.2, 0) is 23.3 Å². The van der Waals surface area contributed by atoms with Gasteiger partial charge in [-0.25, -0.2) is 9.97 Å². The molecule has 1 fully saturated rings. The number of hydrogen-bond acceptors (Lipinski definition) is 7. The molecule has 6 nitrogen and oxygen atoms in total. The summed E-state index contributed by atoms with van der Waals surface area (Å²) in [6, 6.07) is 8.23. The van der Waals surface area contributed by atoms with Crippen LogP contribution in [-0.4, -0.2) is 42.2 Å². The van der Waals surface area contributed by atoms with Gasteiger partial charge in [-0.05, 0) is 37.5 Å². The zero-order valence-corrected chi connectivity index (χ0v) is 20.7. The van der Waals surface area contributed by atoms with Gasteiger partial charge in [-0.1, -0.05) is 17.7 Å². The van der Waals surface area contributed by atoms with Gasteiger partial charge in [0.1, 0.15) is 22.9 Å². The van der Waals surface area contributed by atoms with Gasteiger partial charge in [0.25, 0.3) is 0 Å². The van der Waals surface area contributed by atoms with Gasteiger partial charge >= 0.3 is 0 Å². The van der Waals surface area contributed by atoms with Crippen molar-refractivity contribution in [2.75, 3.05) is 27.4 Å². The van der Waals surface area contributed by atoms with E-state index >= 15 is 0 Å². The summed E-state index contributed by atoms with van der Waals surface area (Å²) in [5, 5.41) is 0. The average molecular weight is 486 g/mol. The zero-order valence-electron chi connectivity index (χ0n) is 19.1. The van der Waals surface area contributed by atoms with Crippen molar-refractivity contribution in [1.29, 1.82) is 0 Å². The molecule has 174 valence electrons. The highest BCUT2D eigenvalue weighted by atomic mass is 35.5. The van der Waals surface area contributed by atoms with E-state index in [-0.39, 0.29) is 11.6 Å². The van der Waals surface area contributed by atoms with Crippen LogP contribution in [0.25, 0.3) is 0 Å². The molecule has 1 saturated heterocycles. The predicted octanol–water partition coefficient (Wildman–Crippen LogP) is 5.32.